The lowest BCUT2D eigenvalue weighted by Crippen LogP contribution is -1.91. The lowest BCUT2D eigenvalue weighted by molar-refractivity contribution is 1.28. The third-order valence-corrected chi connectivity index (χ3v) is 10.9. The summed E-state index contributed by atoms with van der Waals surface area (Å²) in [6.45, 7) is 0. The topological polar surface area (TPSA) is 51.6 Å². The molecule has 0 aliphatic rings. The van der Waals surface area contributed by atoms with Crippen LogP contribution in [0.5, 0.6) is 0 Å². The average molecular weight is 713 g/mol. The molecule has 0 spiro atoms. The van der Waals surface area contributed by atoms with Gasteiger partial charge in [-0.15, -0.1) is 0 Å². The zero-order valence-electron chi connectivity index (χ0n) is 30.3. The molecule has 0 atom stereocenters. The lowest BCUT2D eigenvalue weighted by atomic mass is 9.91. The Morgan fingerprint density at radius 1 is 0.286 bits per heavy atom. The Bertz CT molecular complexity index is 3300. The molecule has 56 heavy (non-hydrogen) atoms. The number of benzene rings is 7. The van der Waals surface area contributed by atoms with Crippen LogP contribution in [0.15, 0.2) is 194 Å². The van der Waals surface area contributed by atoms with Gasteiger partial charge in [-0.1, -0.05) is 133 Å². The van der Waals surface area contributed by atoms with Crippen LogP contribution in [0, 0.1) is 0 Å². The third-order valence-electron chi connectivity index (χ3n) is 10.9. The number of pyridine rings is 4. The molecule has 0 bridgehead atoms. The second-order valence-electron chi connectivity index (χ2n) is 14.3. The van der Waals surface area contributed by atoms with E-state index in [0.29, 0.717) is 0 Å². The Morgan fingerprint density at radius 3 is 1.48 bits per heavy atom. The van der Waals surface area contributed by atoms with Crippen LogP contribution in [0.25, 0.3) is 110 Å². The van der Waals surface area contributed by atoms with Crippen molar-refractivity contribution in [2.24, 2.45) is 0 Å². The molecular formula is C52H32N4. The molecule has 0 aliphatic heterocycles. The molecule has 0 N–H and O–H groups in total. The van der Waals surface area contributed by atoms with E-state index in [4.69, 9.17) is 15.0 Å². The smallest absolute Gasteiger partial charge is 0.0972 e. The molecule has 11 rings (SSSR count). The van der Waals surface area contributed by atoms with Gasteiger partial charge < -0.3 is 0 Å². The monoisotopic (exact) mass is 712 g/mol. The van der Waals surface area contributed by atoms with E-state index < -0.39 is 0 Å². The van der Waals surface area contributed by atoms with Crippen molar-refractivity contribution in [2.45, 2.75) is 0 Å². The molecule has 4 nitrogen and oxygen atoms in total. The maximum Gasteiger partial charge on any atom is 0.0972 e. The third kappa shape index (κ3) is 5.55. The molecule has 0 aliphatic carbocycles. The fraction of sp³-hybridized carbons (Fsp3) is 0. The maximum atomic E-state index is 5.21. The van der Waals surface area contributed by atoms with Crippen molar-refractivity contribution in [1.29, 1.82) is 0 Å². The van der Waals surface area contributed by atoms with Crippen LogP contribution in [-0.4, -0.2) is 19.9 Å². The van der Waals surface area contributed by atoms with Crippen LogP contribution in [0.3, 0.4) is 0 Å². The SMILES string of the molecule is c1ccc(-c2ccc3ccc4ccc(-c5ccc6cc(-c7ccc(-c8ccc9nc(-c%10ccccn%10)ccc9c8)c8ccccc78)ccc6c5)nc4c3n2)cc1. The van der Waals surface area contributed by atoms with Crippen molar-refractivity contribution in [3.63, 3.8) is 0 Å². The van der Waals surface area contributed by atoms with Gasteiger partial charge in [-0.25, -0.2) is 15.0 Å². The van der Waals surface area contributed by atoms with Crippen LogP contribution in [0.4, 0.5) is 0 Å². The Kier molecular flexibility index (Phi) is 7.46. The minimum Gasteiger partial charge on any atom is -0.255 e. The van der Waals surface area contributed by atoms with E-state index in [1.807, 2.05) is 36.4 Å². The highest BCUT2D eigenvalue weighted by molar-refractivity contribution is 6.07. The molecule has 0 amide bonds. The largest absolute Gasteiger partial charge is 0.255 e. The minimum atomic E-state index is 0.876. The molecule has 0 unspecified atom stereocenters. The van der Waals surface area contributed by atoms with E-state index in [2.05, 4.69) is 157 Å². The van der Waals surface area contributed by atoms with Crippen molar-refractivity contribution in [2.75, 3.05) is 0 Å². The van der Waals surface area contributed by atoms with Gasteiger partial charge in [0.25, 0.3) is 0 Å². The normalized spacial score (nSPS) is 11.6. The summed E-state index contributed by atoms with van der Waals surface area (Å²) in [6.07, 6.45) is 1.80. The van der Waals surface area contributed by atoms with Crippen molar-refractivity contribution in [3.8, 4) is 56.2 Å². The number of hydrogen-bond donors (Lipinski definition) is 0. The molecular weight excluding hydrogens is 681 g/mol. The van der Waals surface area contributed by atoms with Gasteiger partial charge in [-0.05, 0) is 98.4 Å². The van der Waals surface area contributed by atoms with Gasteiger partial charge >= 0.3 is 0 Å². The summed E-state index contributed by atoms with van der Waals surface area (Å²) in [5.41, 5.74) is 13.4. The number of nitrogens with zero attached hydrogens (tertiary/aromatic N) is 4. The second-order valence-corrected chi connectivity index (χ2v) is 14.3. The average Bonchev–Trinajstić information content (AvgIpc) is 3.28. The Hall–Kier alpha value is -7.56. The highest BCUT2D eigenvalue weighted by Gasteiger charge is 2.13. The molecule has 0 radical (unpaired) electrons. The highest BCUT2D eigenvalue weighted by atomic mass is 14.8. The van der Waals surface area contributed by atoms with E-state index in [1.165, 1.54) is 43.8 Å². The number of fused-ring (bicyclic) bond motifs is 6. The lowest BCUT2D eigenvalue weighted by Gasteiger charge is -2.14. The zero-order valence-corrected chi connectivity index (χ0v) is 30.3. The van der Waals surface area contributed by atoms with E-state index in [-0.39, 0.29) is 0 Å². The van der Waals surface area contributed by atoms with Crippen LogP contribution in [-0.2, 0) is 0 Å². The van der Waals surface area contributed by atoms with Crippen LogP contribution >= 0.6 is 0 Å². The molecule has 4 aromatic heterocycles. The summed E-state index contributed by atoms with van der Waals surface area (Å²) < 4.78 is 0. The predicted molar refractivity (Wildman–Crippen MR) is 232 cm³/mol. The molecule has 260 valence electrons. The summed E-state index contributed by atoms with van der Waals surface area (Å²) in [4.78, 5) is 19.7. The van der Waals surface area contributed by atoms with Gasteiger partial charge in [-0.3, -0.25) is 4.98 Å². The zero-order chi connectivity index (χ0) is 37.0. The molecule has 4 heteroatoms. The van der Waals surface area contributed by atoms with Gasteiger partial charge in [-0.2, -0.15) is 0 Å². The number of hydrogen-bond acceptors (Lipinski definition) is 4. The fourth-order valence-electron chi connectivity index (χ4n) is 8.02. The maximum absolute atomic E-state index is 5.21. The first-order valence-electron chi connectivity index (χ1n) is 18.9. The summed E-state index contributed by atoms with van der Waals surface area (Å²) in [5, 5.41) is 8.07. The van der Waals surface area contributed by atoms with Gasteiger partial charge in [0.05, 0.1) is 39.3 Å². The quantitative estimate of drug-likeness (QED) is 0.167. The minimum absolute atomic E-state index is 0.876. The summed E-state index contributed by atoms with van der Waals surface area (Å²) >= 11 is 0. The van der Waals surface area contributed by atoms with Crippen LogP contribution < -0.4 is 0 Å². The Labute approximate surface area is 323 Å². The van der Waals surface area contributed by atoms with E-state index in [9.17, 15) is 0 Å². The van der Waals surface area contributed by atoms with Crippen LogP contribution in [0.1, 0.15) is 0 Å². The first kappa shape index (κ1) is 31.9. The highest BCUT2D eigenvalue weighted by Crippen LogP contribution is 2.38. The molecule has 11 aromatic rings. The predicted octanol–water partition coefficient (Wildman–Crippen LogP) is 13.4. The van der Waals surface area contributed by atoms with Crippen molar-refractivity contribution < 1.29 is 0 Å². The standard InChI is InChI=1S/C52H32N4/c1-2-8-33(9-3-1)46-25-19-34-13-14-35-20-26-48(56-52(35)51(34)55-46)40-18-16-36-30-38(17-15-37(36)31-40)42-23-24-43(45-11-5-4-10-44(42)45)39-21-27-47-41(32-39)22-28-50(54-47)49-12-6-7-29-53-49/h1-32H. The number of aromatic nitrogens is 4. The van der Waals surface area contributed by atoms with E-state index >= 15 is 0 Å². The molecule has 0 saturated carbocycles. The summed E-state index contributed by atoms with van der Waals surface area (Å²) in [7, 11) is 0. The fourth-order valence-corrected chi connectivity index (χ4v) is 8.02. The molecule has 4 heterocycles. The van der Waals surface area contributed by atoms with Crippen molar-refractivity contribution in [1.82, 2.24) is 19.9 Å². The van der Waals surface area contributed by atoms with E-state index in [1.54, 1.807) is 6.20 Å². The Morgan fingerprint density at radius 2 is 0.804 bits per heavy atom. The number of rotatable bonds is 5. The Balaban J connectivity index is 0.939. The molecule has 0 saturated heterocycles. The van der Waals surface area contributed by atoms with Crippen molar-refractivity contribution >= 4 is 54.3 Å². The van der Waals surface area contributed by atoms with E-state index in [0.717, 1.165) is 66.6 Å². The first-order valence-corrected chi connectivity index (χ1v) is 18.9. The van der Waals surface area contributed by atoms with Gasteiger partial charge in [0.2, 0.25) is 0 Å². The van der Waals surface area contributed by atoms with Gasteiger partial charge in [0.15, 0.2) is 0 Å². The van der Waals surface area contributed by atoms with Gasteiger partial charge in [0, 0.05) is 33.5 Å². The molecule has 7 aromatic carbocycles. The summed E-state index contributed by atoms with van der Waals surface area (Å²) in [6, 6.07) is 66.4. The van der Waals surface area contributed by atoms with Gasteiger partial charge in [0.1, 0.15) is 0 Å². The second kappa shape index (κ2) is 13.1. The molecule has 0 fully saturated rings. The van der Waals surface area contributed by atoms with Crippen LogP contribution in [0.2, 0.25) is 0 Å². The first-order chi connectivity index (χ1) is 27.7. The summed E-state index contributed by atoms with van der Waals surface area (Å²) in [5.74, 6) is 0. The van der Waals surface area contributed by atoms with Crippen molar-refractivity contribution in [3.05, 3.63) is 194 Å².